The minimum atomic E-state index is -1.12. The molecule has 2 rings (SSSR count). The van der Waals surface area contributed by atoms with Gasteiger partial charge in [0.15, 0.2) is 0 Å². The van der Waals surface area contributed by atoms with Gasteiger partial charge in [-0.25, -0.2) is 9.18 Å². The zero-order valence-corrected chi connectivity index (χ0v) is 11.5. The maximum absolute atomic E-state index is 13.6. The lowest BCUT2D eigenvalue weighted by Crippen LogP contribution is -2.05. The van der Waals surface area contributed by atoms with Crippen LogP contribution in [-0.4, -0.2) is 16.1 Å². The van der Waals surface area contributed by atoms with Gasteiger partial charge in [-0.15, -0.1) is 0 Å². The van der Waals surface area contributed by atoms with E-state index >= 15 is 0 Å². The number of aromatic carboxylic acids is 1. The van der Waals surface area contributed by atoms with Crippen molar-refractivity contribution in [3.05, 3.63) is 52.0 Å². The second-order valence-corrected chi connectivity index (χ2v) is 4.84. The summed E-state index contributed by atoms with van der Waals surface area (Å²) in [5.41, 5.74) is 1.13. The highest BCUT2D eigenvalue weighted by atomic mass is 79.9. The fourth-order valence-corrected chi connectivity index (χ4v) is 1.93. The summed E-state index contributed by atoms with van der Waals surface area (Å²) in [5.74, 6) is -1.58. The van der Waals surface area contributed by atoms with Crippen molar-refractivity contribution in [1.29, 1.82) is 0 Å². The number of nitrogens with zero attached hydrogens (tertiary/aromatic N) is 1. The Balaban J connectivity index is 2.45. The molecule has 1 aromatic carbocycles. The van der Waals surface area contributed by atoms with Crippen molar-refractivity contribution < 1.29 is 14.3 Å². The van der Waals surface area contributed by atoms with Gasteiger partial charge in [0.2, 0.25) is 0 Å². The zero-order chi connectivity index (χ0) is 14.0. The second-order valence-electron chi connectivity index (χ2n) is 3.93. The molecule has 0 saturated heterocycles. The molecule has 0 radical (unpaired) electrons. The van der Waals surface area contributed by atoms with Crippen LogP contribution in [0.3, 0.4) is 0 Å². The van der Waals surface area contributed by atoms with Gasteiger partial charge in [0.25, 0.3) is 0 Å². The molecule has 98 valence electrons. The summed E-state index contributed by atoms with van der Waals surface area (Å²) in [4.78, 5) is 15.0. The van der Waals surface area contributed by atoms with Gasteiger partial charge in [-0.05, 0) is 31.2 Å². The van der Waals surface area contributed by atoms with Gasteiger partial charge in [0, 0.05) is 16.4 Å². The van der Waals surface area contributed by atoms with Crippen LogP contribution in [0.4, 0.5) is 15.8 Å². The van der Waals surface area contributed by atoms with E-state index in [0.29, 0.717) is 15.9 Å². The molecule has 1 aromatic heterocycles. The Hall–Kier alpha value is -1.95. The molecule has 0 saturated carbocycles. The smallest absolute Gasteiger partial charge is 0.339 e. The van der Waals surface area contributed by atoms with Gasteiger partial charge in [-0.2, -0.15) is 0 Å². The summed E-state index contributed by atoms with van der Waals surface area (Å²) in [6.07, 6.45) is 1.25. The molecule has 2 N–H and O–H groups in total. The molecule has 6 heteroatoms. The fraction of sp³-hybridized carbons (Fsp3) is 0.0769. The van der Waals surface area contributed by atoms with E-state index in [2.05, 4.69) is 26.2 Å². The van der Waals surface area contributed by atoms with Crippen molar-refractivity contribution in [3.63, 3.8) is 0 Å². The number of rotatable bonds is 3. The van der Waals surface area contributed by atoms with E-state index in [9.17, 15) is 9.18 Å². The predicted molar refractivity (Wildman–Crippen MR) is 73.3 cm³/mol. The van der Waals surface area contributed by atoms with Gasteiger partial charge >= 0.3 is 5.97 Å². The molecule has 0 aliphatic carbocycles. The Kier molecular flexibility index (Phi) is 3.80. The maximum Gasteiger partial charge on any atom is 0.339 e. The zero-order valence-electron chi connectivity index (χ0n) is 9.95. The summed E-state index contributed by atoms with van der Waals surface area (Å²) >= 11 is 3.24. The summed E-state index contributed by atoms with van der Waals surface area (Å²) < 4.78 is 14.3. The van der Waals surface area contributed by atoms with E-state index in [1.165, 1.54) is 18.3 Å². The minimum absolute atomic E-state index is 0.00928. The van der Waals surface area contributed by atoms with E-state index in [4.69, 9.17) is 5.11 Å². The first-order valence-corrected chi connectivity index (χ1v) is 6.18. The quantitative estimate of drug-likeness (QED) is 0.902. The number of anilines is 2. The van der Waals surface area contributed by atoms with Crippen LogP contribution >= 0.6 is 15.9 Å². The fourth-order valence-electron chi connectivity index (χ4n) is 1.57. The van der Waals surface area contributed by atoms with Crippen LogP contribution < -0.4 is 5.32 Å². The molecule has 4 nitrogen and oxygen atoms in total. The molecule has 2 aromatic rings. The highest BCUT2D eigenvalue weighted by Crippen LogP contribution is 2.26. The summed E-state index contributed by atoms with van der Waals surface area (Å²) in [5, 5.41) is 11.9. The highest BCUT2D eigenvalue weighted by Gasteiger charge is 2.13. The number of carboxylic acid groups (broad SMARTS) is 1. The SMILES string of the molecule is Cc1cc(Nc2cc(Br)ccc2F)c(C(=O)O)cn1. The molecule has 0 aliphatic heterocycles. The van der Waals surface area contributed by atoms with Crippen LogP contribution in [0.1, 0.15) is 16.1 Å². The number of carbonyl (C=O) groups is 1. The van der Waals surface area contributed by atoms with Crippen LogP contribution in [-0.2, 0) is 0 Å². The number of halogens is 2. The number of hydrogen-bond donors (Lipinski definition) is 2. The van der Waals surface area contributed by atoms with Crippen molar-refractivity contribution in [1.82, 2.24) is 4.98 Å². The van der Waals surface area contributed by atoms with E-state index in [0.717, 1.165) is 0 Å². The maximum atomic E-state index is 13.6. The van der Waals surface area contributed by atoms with E-state index in [-0.39, 0.29) is 11.3 Å². The summed E-state index contributed by atoms with van der Waals surface area (Å²) in [6.45, 7) is 1.73. The molecule has 0 amide bonds. The lowest BCUT2D eigenvalue weighted by atomic mass is 10.2. The molecule has 0 atom stereocenters. The lowest BCUT2D eigenvalue weighted by Gasteiger charge is -2.11. The van der Waals surface area contributed by atoms with Gasteiger partial charge in [-0.3, -0.25) is 4.98 Å². The third-order valence-electron chi connectivity index (χ3n) is 2.47. The Morgan fingerprint density at radius 1 is 1.37 bits per heavy atom. The molecule has 0 aliphatic rings. The van der Waals surface area contributed by atoms with Crippen molar-refractivity contribution in [2.45, 2.75) is 6.92 Å². The average molecular weight is 325 g/mol. The molecule has 0 spiro atoms. The largest absolute Gasteiger partial charge is 0.478 e. The summed E-state index contributed by atoms with van der Waals surface area (Å²) in [6, 6.07) is 5.96. The molecule has 0 fully saturated rings. The number of hydrogen-bond acceptors (Lipinski definition) is 3. The monoisotopic (exact) mass is 324 g/mol. The molecule has 1 heterocycles. The minimum Gasteiger partial charge on any atom is -0.478 e. The molecule has 19 heavy (non-hydrogen) atoms. The number of benzene rings is 1. The predicted octanol–water partition coefficient (Wildman–Crippen LogP) is 3.73. The first-order chi connectivity index (χ1) is 8.97. The molecular weight excluding hydrogens is 315 g/mol. The Labute approximate surface area is 117 Å². The van der Waals surface area contributed by atoms with Crippen molar-refractivity contribution in [2.24, 2.45) is 0 Å². The van der Waals surface area contributed by atoms with Gasteiger partial charge in [-0.1, -0.05) is 15.9 Å². The van der Waals surface area contributed by atoms with Crippen molar-refractivity contribution in [2.75, 3.05) is 5.32 Å². The van der Waals surface area contributed by atoms with E-state index < -0.39 is 11.8 Å². The van der Waals surface area contributed by atoms with Crippen molar-refractivity contribution >= 4 is 33.3 Å². The third kappa shape index (κ3) is 3.08. The average Bonchev–Trinajstić information content (AvgIpc) is 2.33. The Morgan fingerprint density at radius 3 is 2.79 bits per heavy atom. The first kappa shape index (κ1) is 13.5. The Bertz CT molecular complexity index is 647. The summed E-state index contributed by atoms with van der Waals surface area (Å²) in [7, 11) is 0. The highest BCUT2D eigenvalue weighted by molar-refractivity contribution is 9.10. The molecular formula is C13H10BrFN2O2. The number of pyridine rings is 1. The first-order valence-electron chi connectivity index (χ1n) is 5.39. The lowest BCUT2D eigenvalue weighted by molar-refractivity contribution is 0.0697. The second kappa shape index (κ2) is 5.36. The third-order valence-corrected chi connectivity index (χ3v) is 2.96. The van der Waals surface area contributed by atoms with Crippen LogP contribution in [0.25, 0.3) is 0 Å². The van der Waals surface area contributed by atoms with Gasteiger partial charge in [0.05, 0.1) is 11.4 Å². The van der Waals surface area contributed by atoms with Gasteiger partial charge < -0.3 is 10.4 Å². The van der Waals surface area contributed by atoms with Gasteiger partial charge in [0.1, 0.15) is 11.4 Å². The molecule has 0 unspecified atom stereocenters. The van der Waals surface area contributed by atoms with E-state index in [1.54, 1.807) is 19.1 Å². The number of aryl methyl sites for hydroxylation is 1. The van der Waals surface area contributed by atoms with Crippen LogP contribution in [0.15, 0.2) is 34.9 Å². The standard InChI is InChI=1S/C13H10BrFN2O2/c1-7-4-11(9(6-16-7)13(18)19)17-12-5-8(14)2-3-10(12)15/h2-6H,1H3,(H,16,17)(H,18,19). The number of nitrogens with one attached hydrogen (secondary N) is 1. The number of carboxylic acids is 1. The van der Waals surface area contributed by atoms with Crippen LogP contribution in [0.5, 0.6) is 0 Å². The number of aromatic nitrogens is 1. The van der Waals surface area contributed by atoms with Crippen LogP contribution in [0, 0.1) is 12.7 Å². The Morgan fingerprint density at radius 2 is 2.11 bits per heavy atom. The van der Waals surface area contributed by atoms with E-state index in [1.807, 2.05) is 0 Å². The van der Waals surface area contributed by atoms with Crippen LogP contribution in [0.2, 0.25) is 0 Å². The van der Waals surface area contributed by atoms with Crippen molar-refractivity contribution in [3.8, 4) is 0 Å². The normalized spacial score (nSPS) is 10.3. The topological polar surface area (TPSA) is 62.2 Å². The molecule has 0 bridgehead atoms.